The molecule has 0 unspecified atom stereocenters. The maximum atomic E-state index is 12.1. The van der Waals surface area contributed by atoms with E-state index in [4.69, 9.17) is 11.6 Å². The van der Waals surface area contributed by atoms with Gasteiger partial charge in [-0.3, -0.25) is 19.7 Å². The van der Waals surface area contributed by atoms with Gasteiger partial charge in [-0.1, -0.05) is 37.6 Å². The molecule has 8 heteroatoms. The first kappa shape index (κ1) is 20.1. The van der Waals surface area contributed by atoms with Crippen molar-refractivity contribution in [2.24, 2.45) is 5.92 Å². The summed E-state index contributed by atoms with van der Waals surface area (Å²) in [6.45, 7) is 3.57. The van der Waals surface area contributed by atoms with Crippen LogP contribution in [0.5, 0.6) is 0 Å². The highest BCUT2D eigenvalue weighted by molar-refractivity contribution is 6.32. The lowest BCUT2D eigenvalue weighted by atomic mass is 10.2. The zero-order valence-electron chi connectivity index (χ0n) is 14.7. The van der Waals surface area contributed by atoms with Crippen LogP contribution >= 0.6 is 11.6 Å². The van der Waals surface area contributed by atoms with E-state index in [0.29, 0.717) is 16.9 Å². The standard InChI is InChI=1S/C19H18ClN3O4/c1-12(2)19(25)22-15-5-3-4-14(11-15)21-18(24)9-7-13-6-8-16(20)17(10-13)23(26)27/h3-12H,1-2H3,(H,21,24)(H,22,25)/b9-7+. The van der Waals surface area contributed by atoms with Gasteiger partial charge in [0.1, 0.15) is 5.02 Å². The number of nitrogens with one attached hydrogen (secondary N) is 2. The average molecular weight is 388 g/mol. The number of nitro groups is 1. The van der Waals surface area contributed by atoms with E-state index in [-0.39, 0.29) is 22.5 Å². The molecule has 0 aliphatic carbocycles. The van der Waals surface area contributed by atoms with Crippen LogP contribution in [0, 0.1) is 16.0 Å². The summed E-state index contributed by atoms with van der Waals surface area (Å²) >= 11 is 5.76. The van der Waals surface area contributed by atoms with Gasteiger partial charge in [-0.2, -0.15) is 0 Å². The topological polar surface area (TPSA) is 101 Å². The van der Waals surface area contributed by atoms with Gasteiger partial charge in [-0.25, -0.2) is 0 Å². The molecule has 0 saturated carbocycles. The van der Waals surface area contributed by atoms with E-state index in [2.05, 4.69) is 10.6 Å². The van der Waals surface area contributed by atoms with Crippen LogP contribution < -0.4 is 10.6 Å². The fourth-order valence-corrected chi connectivity index (χ4v) is 2.28. The molecule has 27 heavy (non-hydrogen) atoms. The number of amides is 2. The Morgan fingerprint density at radius 3 is 2.41 bits per heavy atom. The van der Waals surface area contributed by atoms with Gasteiger partial charge in [0.15, 0.2) is 0 Å². The van der Waals surface area contributed by atoms with Crippen LogP contribution in [0.4, 0.5) is 17.1 Å². The molecule has 140 valence electrons. The van der Waals surface area contributed by atoms with Crippen molar-refractivity contribution >= 4 is 46.6 Å². The Morgan fingerprint density at radius 1 is 1.11 bits per heavy atom. The Balaban J connectivity index is 2.05. The molecule has 0 saturated heterocycles. The van der Waals surface area contributed by atoms with Crippen LogP contribution in [-0.2, 0) is 9.59 Å². The van der Waals surface area contributed by atoms with E-state index in [1.807, 2.05) is 0 Å². The Morgan fingerprint density at radius 2 is 1.78 bits per heavy atom. The van der Waals surface area contributed by atoms with E-state index in [0.717, 1.165) is 0 Å². The molecule has 0 aromatic heterocycles. The molecule has 0 aliphatic heterocycles. The summed E-state index contributed by atoms with van der Waals surface area (Å²) in [5.41, 5.74) is 1.32. The second-order valence-electron chi connectivity index (χ2n) is 6.02. The summed E-state index contributed by atoms with van der Waals surface area (Å²) in [6, 6.07) is 11.0. The zero-order valence-corrected chi connectivity index (χ0v) is 15.5. The Bertz CT molecular complexity index is 910. The first-order valence-electron chi connectivity index (χ1n) is 8.10. The number of nitro benzene ring substituents is 1. The molecular weight excluding hydrogens is 370 g/mol. The number of rotatable bonds is 6. The van der Waals surface area contributed by atoms with E-state index in [1.54, 1.807) is 44.2 Å². The Hall–Kier alpha value is -3.19. The second kappa shape index (κ2) is 8.95. The monoisotopic (exact) mass is 387 g/mol. The van der Waals surface area contributed by atoms with E-state index in [1.165, 1.54) is 24.3 Å². The molecule has 0 atom stereocenters. The molecule has 2 N–H and O–H groups in total. The van der Waals surface area contributed by atoms with Crippen molar-refractivity contribution in [1.29, 1.82) is 0 Å². The smallest absolute Gasteiger partial charge is 0.288 e. The van der Waals surface area contributed by atoms with Gasteiger partial charge >= 0.3 is 0 Å². The van der Waals surface area contributed by atoms with Gasteiger partial charge < -0.3 is 10.6 Å². The van der Waals surface area contributed by atoms with Crippen molar-refractivity contribution in [2.75, 3.05) is 10.6 Å². The fraction of sp³-hybridized carbons (Fsp3) is 0.158. The molecule has 0 aliphatic rings. The number of carbonyl (C=O) groups excluding carboxylic acids is 2. The number of benzene rings is 2. The van der Waals surface area contributed by atoms with Gasteiger partial charge in [0.05, 0.1) is 4.92 Å². The van der Waals surface area contributed by atoms with E-state index in [9.17, 15) is 19.7 Å². The third-order valence-corrected chi connectivity index (χ3v) is 3.84. The number of hydrogen-bond acceptors (Lipinski definition) is 4. The molecule has 0 bridgehead atoms. The van der Waals surface area contributed by atoms with Gasteiger partial charge in [0, 0.05) is 29.4 Å². The highest BCUT2D eigenvalue weighted by atomic mass is 35.5. The van der Waals surface area contributed by atoms with Crippen molar-refractivity contribution in [3.63, 3.8) is 0 Å². The van der Waals surface area contributed by atoms with Crippen LogP contribution in [0.25, 0.3) is 6.08 Å². The van der Waals surface area contributed by atoms with Crippen LogP contribution in [0.2, 0.25) is 5.02 Å². The molecule has 2 rings (SSSR count). The first-order valence-corrected chi connectivity index (χ1v) is 8.48. The van der Waals surface area contributed by atoms with Crippen LogP contribution in [-0.4, -0.2) is 16.7 Å². The largest absolute Gasteiger partial charge is 0.326 e. The second-order valence-corrected chi connectivity index (χ2v) is 6.42. The maximum absolute atomic E-state index is 12.1. The molecule has 0 radical (unpaired) electrons. The zero-order chi connectivity index (χ0) is 20.0. The highest BCUT2D eigenvalue weighted by Gasteiger charge is 2.12. The average Bonchev–Trinajstić information content (AvgIpc) is 2.61. The molecule has 2 aromatic rings. The normalized spacial score (nSPS) is 10.8. The Kier molecular flexibility index (Phi) is 6.67. The Labute approximate surface area is 161 Å². The van der Waals surface area contributed by atoms with Gasteiger partial charge in [-0.15, -0.1) is 0 Å². The maximum Gasteiger partial charge on any atom is 0.288 e. The lowest BCUT2D eigenvalue weighted by Crippen LogP contribution is -2.17. The first-order chi connectivity index (χ1) is 12.8. The molecule has 0 fully saturated rings. The van der Waals surface area contributed by atoms with Crippen molar-refractivity contribution in [1.82, 2.24) is 0 Å². The minimum absolute atomic E-state index is 0.0295. The van der Waals surface area contributed by atoms with Gasteiger partial charge in [0.2, 0.25) is 11.8 Å². The number of halogens is 1. The summed E-state index contributed by atoms with van der Waals surface area (Å²) < 4.78 is 0. The van der Waals surface area contributed by atoms with Gasteiger partial charge in [-0.05, 0) is 35.9 Å². The molecular formula is C19H18ClN3O4. The quantitative estimate of drug-likeness (QED) is 0.433. The van der Waals surface area contributed by atoms with Crippen molar-refractivity contribution in [2.45, 2.75) is 13.8 Å². The number of carbonyl (C=O) groups is 2. The fourth-order valence-electron chi connectivity index (χ4n) is 2.09. The van der Waals surface area contributed by atoms with Crippen LogP contribution in [0.1, 0.15) is 19.4 Å². The molecule has 0 heterocycles. The van der Waals surface area contributed by atoms with Gasteiger partial charge in [0.25, 0.3) is 5.69 Å². The highest BCUT2D eigenvalue weighted by Crippen LogP contribution is 2.25. The molecule has 2 amide bonds. The summed E-state index contributed by atoms with van der Waals surface area (Å²) in [5, 5.41) is 16.3. The SMILES string of the molecule is CC(C)C(=O)Nc1cccc(NC(=O)/C=C/c2ccc(Cl)c([N+](=O)[O-])c2)c1. The molecule has 7 nitrogen and oxygen atoms in total. The lowest BCUT2D eigenvalue weighted by molar-refractivity contribution is -0.384. The minimum atomic E-state index is -0.587. The van der Waals surface area contributed by atoms with Crippen molar-refractivity contribution in [3.05, 3.63) is 69.2 Å². The number of nitrogens with zero attached hydrogens (tertiary/aromatic N) is 1. The summed E-state index contributed by atoms with van der Waals surface area (Å²) in [5.74, 6) is -0.697. The summed E-state index contributed by atoms with van der Waals surface area (Å²) in [7, 11) is 0. The third-order valence-electron chi connectivity index (χ3n) is 3.52. The predicted octanol–water partition coefficient (Wildman–Crippen LogP) is 4.49. The predicted molar refractivity (Wildman–Crippen MR) is 106 cm³/mol. The summed E-state index contributed by atoms with van der Waals surface area (Å²) in [4.78, 5) is 34.1. The lowest BCUT2D eigenvalue weighted by Gasteiger charge is -2.09. The number of hydrogen-bond donors (Lipinski definition) is 2. The van der Waals surface area contributed by atoms with Crippen LogP contribution in [0.15, 0.2) is 48.5 Å². The minimum Gasteiger partial charge on any atom is -0.326 e. The molecule has 2 aromatic carbocycles. The van der Waals surface area contributed by atoms with Crippen molar-refractivity contribution in [3.8, 4) is 0 Å². The van der Waals surface area contributed by atoms with E-state index < -0.39 is 10.8 Å². The number of anilines is 2. The van der Waals surface area contributed by atoms with Crippen molar-refractivity contribution < 1.29 is 14.5 Å². The third kappa shape index (κ3) is 5.93. The summed E-state index contributed by atoms with van der Waals surface area (Å²) in [6.07, 6.45) is 2.70. The van der Waals surface area contributed by atoms with Crippen LogP contribution in [0.3, 0.4) is 0 Å². The molecule has 0 spiro atoms. The van der Waals surface area contributed by atoms with E-state index >= 15 is 0 Å².